The Kier molecular flexibility index (Phi) is 8.21. The molecule has 2 aromatic carbocycles. The number of hydrogen-bond acceptors (Lipinski definition) is 5. The largest absolute Gasteiger partial charge is 0.493 e. The van der Waals surface area contributed by atoms with Crippen molar-refractivity contribution >= 4 is 27.6 Å². The maximum Gasteiger partial charge on any atom is 0.258 e. The highest BCUT2D eigenvalue weighted by atomic mass is 16.5. The first kappa shape index (κ1) is 25.2. The van der Waals surface area contributed by atoms with Gasteiger partial charge in [0, 0.05) is 35.8 Å². The molecule has 0 atom stereocenters. The van der Waals surface area contributed by atoms with E-state index in [9.17, 15) is 9.59 Å². The molecule has 2 aromatic heterocycles. The maximum atomic E-state index is 13.0. The van der Waals surface area contributed by atoms with E-state index in [2.05, 4.69) is 24.4 Å². The SMILES string of the molecule is CCCCNC(=O)c1cn(CC)c(=O)c2cc(OC)c(OCCCc3ccc4ccccc4n3)cc12. The zero-order valence-electron chi connectivity index (χ0n) is 21.2. The number of methoxy groups -OCH3 is 1. The van der Waals surface area contributed by atoms with Crippen molar-refractivity contribution in [1.82, 2.24) is 14.9 Å². The molecule has 7 nitrogen and oxygen atoms in total. The van der Waals surface area contributed by atoms with Crippen LogP contribution in [-0.4, -0.2) is 35.7 Å². The van der Waals surface area contributed by atoms with Crippen LogP contribution in [0.4, 0.5) is 0 Å². The Morgan fingerprint density at radius 3 is 2.61 bits per heavy atom. The summed E-state index contributed by atoms with van der Waals surface area (Å²) in [6.07, 6.45) is 5.04. The average Bonchev–Trinajstić information content (AvgIpc) is 2.91. The molecule has 0 aliphatic carbocycles. The van der Waals surface area contributed by atoms with Gasteiger partial charge in [0.05, 0.1) is 30.2 Å². The number of unbranched alkanes of at least 4 members (excludes halogenated alkanes) is 1. The van der Waals surface area contributed by atoms with Crippen LogP contribution >= 0.6 is 0 Å². The van der Waals surface area contributed by atoms with Crippen molar-refractivity contribution in [2.24, 2.45) is 0 Å². The Morgan fingerprint density at radius 2 is 1.83 bits per heavy atom. The van der Waals surface area contributed by atoms with E-state index >= 15 is 0 Å². The Hall–Kier alpha value is -3.87. The molecule has 36 heavy (non-hydrogen) atoms. The zero-order valence-corrected chi connectivity index (χ0v) is 21.2. The van der Waals surface area contributed by atoms with Gasteiger partial charge in [-0.15, -0.1) is 0 Å². The molecular formula is C29H33N3O4. The molecule has 1 N–H and O–H groups in total. The van der Waals surface area contributed by atoms with Crippen molar-refractivity contribution in [3.63, 3.8) is 0 Å². The van der Waals surface area contributed by atoms with Crippen LogP contribution in [0.25, 0.3) is 21.7 Å². The van der Waals surface area contributed by atoms with Crippen molar-refractivity contribution in [3.05, 3.63) is 76.3 Å². The number of nitrogens with one attached hydrogen (secondary N) is 1. The fourth-order valence-electron chi connectivity index (χ4n) is 4.24. The first-order valence-electron chi connectivity index (χ1n) is 12.6. The third-order valence-electron chi connectivity index (χ3n) is 6.26. The molecule has 0 unspecified atom stereocenters. The van der Waals surface area contributed by atoms with Crippen molar-refractivity contribution in [2.75, 3.05) is 20.3 Å². The smallest absolute Gasteiger partial charge is 0.258 e. The molecule has 2 heterocycles. The van der Waals surface area contributed by atoms with Crippen molar-refractivity contribution in [2.45, 2.75) is 46.1 Å². The second-order valence-corrected chi connectivity index (χ2v) is 8.74. The van der Waals surface area contributed by atoms with E-state index in [1.165, 1.54) is 0 Å². The second kappa shape index (κ2) is 11.7. The first-order chi connectivity index (χ1) is 17.5. The number of amides is 1. The van der Waals surface area contributed by atoms with Gasteiger partial charge in [0.15, 0.2) is 11.5 Å². The monoisotopic (exact) mass is 487 g/mol. The van der Waals surface area contributed by atoms with E-state index in [4.69, 9.17) is 14.5 Å². The minimum Gasteiger partial charge on any atom is -0.493 e. The van der Waals surface area contributed by atoms with Gasteiger partial charge >= 0.3 is 0 Å². The average molecular weight is 488 g/mol. The molecule has 0 spiro atoms. The molecule has 0 aliphatic rings. The summed E-state index contributed by atoms with van der Waals surface area (Å²) < 4.78 is 13.2. The van der Waals surface area contributed by atoms with Crippen LogP contribution in [0.5, 0.6) is 11.5 Å². The highest BCUT2D eigenvalue weighted by Crippen LogP contribution is 2.33. The Balaban J connectivity index is 1.56. The number of fused-ring (bicyclic) bond motifs is 2. The minimum absolute atomic E-state index is 0.162. The van der Waals surface area contributed by atoms with Crippen LogP contribution in [0, 0.1) is 0 Å². The topological polar surface area (TPSA) is 82.5 Å². The number of para-hydroxylation sites is 1. The fourth-order valence-corrected chi connectivity index (χ4v) is 4.24. The predicted molar refractivity (Wildman–Crippen MR) is 143 cm³/mol. The summed E-state index contributed by atoms with van der Waals surface area (Å²) in [5.74, 6) is 0.775. The lowest BCUT2D eigenvalue weighted by Crippen LogP contribution is -2.28. The Morgan fingerprint density at radius 1 is 1.03 bits per heavy atom. The van der Waals surface area contributed by atoms with Crippen molar-refractivity contribution < 1.29 is 14.3 Å². The molecular weight excluding hydrogens is 454 g/mol. The molecule has 0 radical (unpaired) electrons. The number of hydrogen-bond donors (Lipinski definition) is 1. The van der Waals surface area contributed by atoms with Gasteiger partial charge in [-0.1, -0.05) is 37.6 Å². The first-order valence-corrected chi connectivity index (χ1v) is 12.6. The molecule has 0 saturated carbocycles. The molecule has 4 rings (SSSR count). The zero-order chi connectivity index (χ0) is 25.5. The van der Waals surface area contributed by atoms with E-state index in [1.54, 1.807) is 30.0 Å². The Bertz CT molecular complexity index is 1430. The number of benzene rings is 2. The molecule has 1 amide bonds. The fraction of sp³-hybridized carbons (Fsp3) is 0.345. The van der Waals surface area contributed by atoms with Crippen molar-refractivity contribution in [3.8, 4) is 11.5 Å². The molecule has 0 fully saturated rings. The molecule has 4 aromatic rings. The molecule has 7 heteroatoms. The van der Waals surface area contributed by atoms with E-state index in [-0.39, 0.29) is 11.5 Å². The highest BCUT2D eigenvalue weighted by molar-refractivity contribution is 6.07. The number of ether oxygens (including phenoxy) is 2. The standard InChI is InChI=1S/C29H33N3O4/c1-4-6-15-30-28(33)24-19-32(5-2)29(34)23-18-26(35-3)27(17-22(23)24)36-16-9-11-21-14-13-20-10-7-8-12-25(20)31-21/h7-8,10,12-14,17-19H,4-6,9,11,15-16H2,1-3H3,(H,30,33). The molecule has 0 bridgehead atoms. The number of carbonyl (C=O) groups is 1. The third kappa shape index (κ3) is 5.51. The van der Waals surface area contributed by atoms with Crippen LogP contribution in [0.15, 0.2) is 59.5 Å². The third-order valence-corrected chi connectivity index (χ3v) is 6.26. The number of aryl methyl sites for hydroxylation is 2. The van der Waals surface area contributed by atoms with Gasteiger partial charge in [0.2, 0.25) is 0 Å². The number of rotatable bonds is 11. The van der Waals surface area contributed by atoms with E-state index in [1.807, 2.05) is 31.2 Å². The normalized spacial score (nSPS) is 11.1. The van der Waals surface area contributed by atoms with Gasteiger partial charge in [-0.05, 0) is 50.5 Å². The van der Waals surface area contributed by atoms with Crippen LogP contribution in [-0.2, 0) is 13.0 Å². The molecule has 188 valence electrons. The molecule has 0 aliphatic heterocycles. The summed E-state index contributed by atoms with van der Waals surface area (Å²) in [7, 11) is 1.55. The number of carbonyl (C=O) groups excluding carboxylic acids is 1. The van der Waals surface area contributed by atoms with E-state index in [0.717, 1.165) is 42.3 Å². The summed E-state index contributed by atoms with van der Waals surface area (Å²) in [5.41, 5.74) is 2.28. The van der Waals surface area contributed by atoms with Gasteiger partial charge in [0.25, 0.3) is 11.5 Å². The molecule has 0 saturated heterocycles. The summed E-state index contributed by atoms with van der Waals surface area (Å²) in [6.45, 7) is 5.45. The number of aromatic nitrogens is 2. The lowest BCUT2D eigenvalue weighted by molar-refractivity contribution is 0.0954. The quantitative estimate of drug-likeness (QED) is 0.297. The van der Waals surface area contributed by atoms with Crippen molar-refractivity contribution in [1.29, 1.82) is 0 Å². The van der Waals surface area contributed by atoms with Gasteiger partial charge in [-0.25, -0.2) is 0 Å². The van der Waals surface area contributed by atoms with E-state index < -0.39 is 0 Å². The number of pyridine rings is 2. The van der Waals surface area contributed by atoms with Gasteiger partial charge in [0.1, 0.15) is 0 Å². The summed E-state index contributed by atoms with van der Waals surface area (Å²) in [4.78, 5) is 30.7. The summed E-state index contributed by atoms with van der Waals surface area (Å²) in [5, 5.41) is 5.08. The number of nitrogens with zero attached hydrogens (tertiary/aromatic N) is 2. The van der Waals surface area contributed by atoms with Crippen LogP contribution in [0.1, 0.15) is 49.2 Å². The Labute approximate surface area is 211 Å². The minimum atomic E-state index is -0.200. The lowest BCUT2D eigenvalue weighted by atomic mass is 10.1. The van der Waals surface area contributed by atoms with Crippen LogP contribution < -0.4 is 20.3 Å². The summed E-state index contributed by atoms with van der Waals surface area (Å²) >= 11 is 0. The van der Waals surface area contributed by atoms with Crippen LogP contribution in [0.3, 0.4) is 0 Å². The van der Waals surface area contributed by atoms with E-state index in [0.29, 0.717) is 47.5 Å². The predicted octanol–water partition coefficient (Wildman–Crippen LogP) is 5.12. The van der Waals surface area contributed by atoms with Gasteiger partial charge in [-0.3, -0.25) is 14.6 Å². The van der Waals surface area contributed by atoms with Crippen LogP contribution in [0.2, 0.25) is 0 Å². The summed E-state index contributed by atoms with van der Waals surface area (Å²) in [6, 6.07) is 15.6. The van der Waals surface area contributed by atoms with Gasteiger partial charge in [-0.2, -0.15) is 0 Å². The maximum absolute atomic E-state index is 13.0. The highest BCUT2D eigenvalue weighted by Gasteiger charge is 2.18. The van der Waals surface area contributed by atoms with Gasteiger partial charge < -0.3 is 19.4 Å². The lowest BCUT2D eigenvalue weighted by Gasteiger charge is -2.15. The second-order valence-electron chi connectivity index (χ2n) is 8.74.